The molecule has 34 heavy (non-hydrogen) atoms. The summed E-state index contributed by atoms with van der Waals surface area (Å²) >= 11 is 0. The van der Waals surface area contributed by atoms with E-state index in [1.807, 2.05) is 11.8 Å². The first-order valence-electron chi connectivity index (χ1n) is 11.0. The van der Waals surface area contributed by atoms with Crippen molar-refractivity contribution in [3.63, 3.8) is 0 Å². The van der Waals surface area contributed by atoms with Crippen molar-refractivity contribution in [1.82, 2.24) is 4.90 Å². The summed E-state index contributed by atoms with van der Waals surface area (Å²) in [5.41, 5.74) is -0.127. The van der Waals surface area contributed by atoms with E-state index >= 15 is 0 Å². The molecule has 0 aliphatic carbocycles. The fraction of sp³-hybridized carbons (Fsp3) is 0.440. The van der Waals surface area contributed by atoms with E-state index in [2.05, 4.69) is 0 Å². The molecule has 2 fully saturated rings. The lowest BCUT2D eigenvalue weighted by atomic mass is 9.73. The molecule has 0 bridgehead atoms. The largest absolute Gasteiger partial charge is 0.497 e. The van der Waals surface area contributed by atoms with Crippen molar-refractivity contribution in [3.8, 4) is 11.8 Å². The monoisotopic (exact) mass is 473 g/mol. The Bertz CT molecular complexity index is 1140. The molecule has 9 heteroatoms. The average molecular weight is 473 g/mol. The predicted molar refractivity (Wildman–Crippen MR) is 120 cm³/mol. The first kappa shape index (κ1) is 23.9. The summed E-state index contributed by atoms with van der Waals surface area (Å²) in [6.07, 6.45) is -4.08. The predicted octanol–water partition coefficient (Wildman–Crippen LogP) is 3.86. The number of ether oxygens (including phenoxy) is 1. The van der Waals surface area contributed by atoms with Gasteiger partial charge in [0.25, 0.3) is 5.91 Å². The Kier molecular flexibility index (Phi) is 6.21. The number of amides is 1. The topological polar surface area (TPSA) is 76.8 Å². The van der Waals surface area contributed by atoms with Crippen molar-refractivity contribution in [2.24, 2.45) is 11.3 Å². The van der Waals surface area contributed by atoms with Gasteiger partial charge in [-0.3, -0.25) is 4.79 Å². The number of carbonyl (C=O) groups excluding carboxylic acids is 1. The summed E-state index contributed by atoms with van der Waals surface area (Å²) in [5, 5.41) is 19.3. The number of hydrogen-bond acceptors (Lipinski definition) is 5. The Morgan fingerprint density at radius 1 is 1.26 bits per heavy atom. The molecule has 0 spiro atoms. The van der Waals surface area contributed by atoms with Gasteiger partial charge in [0.05, 0.1) is 30.9 Å². The van der Waals surface area contributed by atoms with Crippen molar-refractivity contribution in [2.75, 3.05) is 44.8 Å². The van der Waals surface area contributed by atoms with E-state index < -0.39 is 22.7 Å². The Hall–Kier alpha value is -3.25. The zero-order chi connectivity index (χ0) is 24.7. The molecule has 1 N–H and O–H groups in total. The molecule has 0 saturated carbocycles. The van der Waals surface area contributed by atoms with Crippen LogP contribution in [0.15, 0.2) is 36.4 Å². The lowest BCUT2D eigenvalue weighted by Crippen LogP contribution is -2.49. The summed E-state index contributed by atoms with van der Waals surface area (Å²) in [6, 6.07) is 10.6. The van der Waals surface area contributed by atoms with Crippen LogP contribution in [0.2, 0.25) is 0 Å². The minimum absolute atomic E-state index is 0.0984. The summed E-state index contributed by atoms with van der Waals surface area (Å²) in [7, 11) is 1.56. The number of methoxy groups -OCH3 is 1. The lowest BCUT2D eigenvalue weighted by Gasteiger charge is -2.43. The van der Waals surface area contributed by atoms with Crippen LogP contribution in [0, 0.1) is 29.6 Å². The molecule has 2 saturated heterocycles. The van der Waals surface area contributed by atoms with Gasteiger partial charge in [0.15, 0.2) is 0 Å². The van der Waals surface area contributed by atoms with E-state index in [-0.39, 0.29) is 18.4 Å². The van der Waals surface area contributed by atoms with Gasteiger partial charge in [-0.25, -0.2) is 0 Å². The summed E-state index contributed by atoms with van der Waals surface area (Å²) in [6.45, 7) is 3.40. The maximum absolute atomic E-state index is 13.4. The standard InChI is InChI=1S/C25H26F3N3O3/c1-16-9-20(34-2)5-6-21(16)23(33)31-13-18-12-30(8-7-24(18,14-31)15-32)19-4-3-17(11-29)22(10-19)25(26,27)28/h3-6,9-10,18,32H,7-8,12-15H2,1-2H3/t18-,24+/m1/s1. The number of nitrogens with zero attached hydrogens (tertiary/aromatic N) is 3. The number of benzene rings is 2. The van der Waals surface area contributed by atoms with Crippen LogP contribution in [-0.4, -0.2) is 55.8 Å². The van der Waals surface area contributed by atoms with Crippen LogP contribution in [0.25, 0.3) is 0 Å². The lowest BCUT2D eigenvalue weighted by molar-refractivity contribution is -0.137. The number of anilines is 1. The van der Waals surface area contributed by atoms with Gasteiger partial charge >= 0.3 is 6.18 Å². The zero-order valence-corrected chi connectivity index (χ0v) is 19.0. The van der Waals surface area contributed by atoms with Gasteiger partial charge < -0.3 is 19.6 Å². The number of carbonyl (C=O) groups is 1. The first-order chi connectivity index (χ1) is 16.1. The molecule has 1 amide bonds. The maximum Gasteiger partial charge on any atom is 0.417 e. The molecular formula is C25H26F3N3O3. The quantitative estimate of drug-likeness (QED) is 0.730. The van der Waals surface area contributed by atoms with Gasteiger partial charge in [0.2, 0.25) is 0 Å². The molecule has 2 atom stereocenters. The zero-order valence-electron chi connectivity index (χ0n) is 19.0. The van der Waals surface area contributed by atoms with E-state index in [0.29, 0.717) is 49.6 Å². The Balaban J connectivity index is 1.57. The van der Waals surface area contributed by atoms with Crippen LogP contribution in [0.4, 0.5) is 18.9 Å². The van der Waals surface area contributed by atoms with Gasteiger partial charge in [-0.05, 0) is 55.3 Å². The van der Waals surface area contributed by atoms with E-state index in [4.69, 9.17) is 10.00 Å². The highest BCUT2D eigenvalue weighted by Crippen LogP contribution is 2.44. The number of alkyl halides is 3. The van der Waals surface area contributed by atoms with Crippen LogP contribution in [0.5, 0.6) is 5.75 Å². The molecular weight excluding hydrogens is 447 g/mol. The molecule has 180 valence electrons. The van der Waals surface area contributed by atoms with Crippen molar-refractivity contribution >= 4 is 11.6 Å². The minimum atomic E-state index is -4.63. The number of aryl methyl sites for hydroxylation is 1. The second kappa shape index (κ2) is 8.84. The summed E-state index contributed by atoms with van der Waals surface area (Å²) in [5.74, 6) is 0.428. The number of piperidine rings is 1. The number of likely N-dealkylation sites (tertiary alicyclic amines) is 1. The molecule has 2 aromatic rings. The number of aliphatic hydroxyl groups excluding tert-OH is 1. The number of halogens is 3. The third-order valence-electron chi connectivity index (χ3n) is 7.19. The molecule has 0 radical (unpaired) electrons. The third kappa shape index (κ3) is 4.18. The SMILES string of the molecule is COc1ccc(C(=O)N2C[C@H]3CN(c4ccc(C#N)c(C(F)(F)F)c4)CC[C@@]3(CO)C2)c(C)c1. The second-order valence-electron chi connectivity index (χ2n) is 9.12. The van der Waals surface area contributed by atoms with Gasteiger partial charge in [-0.1, -0.05) is 0 Å². The normalized spacial score (nSPS) is 22.3. The van der Waals surface area contributed by atoms with Crippen molar-refractivity contribution in [1.29, 1.82) is 5.26 Å². The van der Waals surface area contributed by atoms with Crippen molar-refractivity contribution in [3.05, 3.63) is 58.7 Å². The van der Waals surface area contributed by atoms with Crippen LogP contribution in [0.3, 0.4) is 0 Å². The van der Waals surface area contributed by atoms with Crippen LogP contribution >= 0.6 is 0 Å². The maximum atomic E-state index is 13.4. The van der Waals surface area contributed by atoms with Crippen LogP contribution in [-0.2, 0) is 6.18 Å². The summed E-state index contributed by atoms with van der Waals surface area (Å²) in [4.78, 5) is 16.9. The first-order valence-corrected chi connectivity index (χ1v) is 11.0. The van der Waals surface area contributed by atoms with E-state index in [1.165, 1.54) is 12.1 Å². The highest BCUT2D eigenvalue weighted by Gasteiger charge is 2.50. The molecule has 4 rings (SSSR count). The van der Waals surface area contributed by atoms with Gasteiger partial charge in [0.1, 0.15) is 5.75 Å². The average Bonchev–Trinajstić information content (AvgIpc) is 3.22. The summed E-state index contributed by atoms with van der Waals surface area (Å²) < 4.78 is 45.5. The van der Waals surface area contributed by atoms with E-state index in [0.717, 1.165) is 11.6 Å². The number of nitriles is 1. The second-order valence-corrected chi connectivity index (χ2v) is 9.12. The highest BCUT2D eigenvalue weighted by atomic mass is 19.4. The molecule has 2 aliphatic heterocycles. The molecule has 6 nitrogen and oxygen atoms in total. The fourth-order valence-corrected chi connectivity index (χ4v) is 5.16. The molecule has 0 unspecified atom stereocenters. The molecule has 2 heterocycles. The van der Waals surface area contributed by atoms with E-state index in [9.17, 15) is 23.1 Å². The number of fused-ring (bicyclic) bond motifs is 1. The minimum Gasteiger partial charge on any atom is -0.497 e. The Labute approximate surface area is 196 Å². The number of aliphatic hydroxyl groups is 1. The Morgan fingerprint density at radius 3 is 2.65 bits per heavy atom. The number of hydrogen-bond donors (Lipinski definition) is 1. The molecule has 0 aromatic heterocycles. The van der Waals surface area contributed by atoms with Crippen molar-refractivity contribution in [2.45, 2.75) is 19.5 Å². The fourth-order valence-electron chi connectivity index (χ4n) is 5.16. The Morgan fingerprint density at radius 2 is 2.03 bits per heavy atom. The van der Waals surface area contributed by atoms with Gasteiger partial charge in [-0.15, -0.1) is 0 Å². The highest BCUT2D eigenvalue weighted by molar-refractivity contribution is 5.96. The van der Waals surface area contributed by atoms with Crippen LogP contribution < -0.4 is 9.64 Å². The number of rotatable bonds is 4. The van der Waals surface area contributed by atoms with Gasteiger partial charge in [0, 0.05) is 48.8 Å². The smallest absolute Gasteiger partial charge is 0.417 e. The molecule has 2 aromatic carbocycles. The van der Waals surface area contributed by atoms with Crippen molar-refractivity contribution < 1.29 is 27.8 Å². The van der Waals surface area contributed by atoms with Gasteiger partial charge in [-0.2, -0.15) is 18.4 Å². The van der Waals surface area contributed by atoms with E-state index in [1.54, 1.807) is 36.3 Å². The third-order valence-corrected chi connectivity index (χ3v) is 7.19. The van der Waals surface area contributed by atoms with Crippen LogP contribution in [0.1, 0.15) is 33.5 Å². The molecule has 2 aliphatic rings.